The molecular weight excluding hydrogens is 529 g/mol. The molecule has 0 amide bonds. The van der Waals surface area contributed by atoms with Crippen molar-refractivity contribution >= 4 is 19.8 Å². The van der Waals surface area contributed by atoms with Crippen LogP contribution in [0.5, 0.6) is 0 Å². The molecule has 0 heterocycles. The van der Waals surface area contributed by atoms with E-state index in [4.69, 9.17) is 9.47 Å². The van der Waals surface area contributed by atoms with Crippen molar-refractivity contribution in [2.45, 2.75) is 20.0 Å². The molecule has 8 nitrogen and oxygen atoms in total. The fourth-order valence-corrected chi connectivity index (χ4v) is 1.69. The number of hydrogen-bond donors (Lipinski definition) is 0. The maximum atomic E-state index is 11.7. The van der Waals surface area contributed by atoms with Crippen LogP contribution in [0.15, 0.2) is 0 Å². The summed E-state index contributed by atoms with van der Waals surface area (Å²) in [6, 6.07) is 0. The van der Waals surface area contributed by atoms with Crippen molar-refractivity contribution in [3.8, 4) is 118 Å². The summed E-state index contributed by atoms with van der Waals surface area (Å²) in [4.78, 5) is 44.7. The fourth-order valence-electron chi connectivity index (χ4n) is 1.34. The van der Waals surface area contributed by atoms with E-state index >= 15 is 0 Å². The predicted octanol–water partition coefficient (Wildman–Crippen LogP) is -7.63. The molecule has 0 fully saturated rings. The van der Waals surface area contributed by atoms with Crippen LogP contribution in [-0.4, -0.2) is 31.3 Å². The van der Waals surface area contributed by atoms with Gasteiger partial charge in [0.2, 0.25) is 0 Å². The van der Waals surface area contributed by atoms with Gasteiger partial charge in [0.05, 0.1) is 14.4 Å². The zero-order chi connectivity index (χ0) is 26.9. The van der Waals surface area contributed by atoms with Gasteiger partial charge in [0.15, 0.2) is 6.10 Å². The van der Waals surface area contributed by atoms with Crippen molar-refractivity contribution in [3.05, 3.63) is 0 Å². The van der Waals surface area contributed by atoms with E-state index in [2.05, 4.69) is 111 Å². The number of esters is 2. The number of phosphoric acid groups is 1. The number of carbonyl (C=O) groups is 2. The smallest absolute Gasteiger partial charge is 0.790 e. The molecule has 0 aliphatic carbocycles. The molecule has 0 saturated carbocycles. The number of ether oxygens (including phenoxy) is 2. The topological polar surface area (TPSA) is 125 Å². The van der Waals surface area contributed by atoms with Crippen molar-refractivity contribution in [3.63, 3.8) is 0 Å². The van der Waals surface area contributed by atoms with Crippen LogP contribution in [0, 0.1) is 118 Å². The quantitative estimate of drug-likeness (QED) is 0.107. The van der Waals surface area contributed by atoms with Gasteiger partial charge in [0.1, 0.15) is 6.61 Å². The van der Waals surface area contributed by atoms with Gasteiger partial charge in [-0.1, -0.05) is 11.8 Å². The number of hydrogen-bond acceptors (Lipinski definition) is 8. The Morgan fingerprint density at radius 3 is 1.39 bits per heavy atom. The van der Waals surface area contributed by atoms with Gasteiger partial charge in [-0.3, -0.25) is 0 Å². The Kier molecular flexibility index (Phi) is 27.5. The molecule has 0 radical (unpaired) electrons. The summed E-state index contributed by atoms with van der Waals surface area (Å²) < 4.78 is 24.2. The average Bonchev–Trinajstić information content (AvgIpc) is 2.83. The van der Waals surface area contributed by atoms with E-state index < -0.39 is 39.1 Å². The van der Waals surface area contributed by atoms with E-state index in [1.165, 1.54) is 0 Å². The SMILES string of the molecule is CC#CC#CC#CC#CC#CC#CC(=O)OC[C@H](COP(=O)([O-])[O-])OC(=O)C#CC#CC#CC#CC.[Na+].[Na+]. The standard InChI is InChI=1S/C27H13O8P.2Na/c1-3-5-7-9-11-12-13-14-16-17-19-21-26(28)33-23-25(24-34-36(30,31)32)35-27(29)22-20-18-15-10-8-6-4-2;;/h25H,23-24H2,1-2H3,(H2,30,31,32);;/q;2*+1/p-2/t25-;;/m1../s1. The van der Waals surface area contributed by atoms with Crippen LogP contribution in [0.4, 0.5) is 0 Å². The van der Waals surface area contributed by atoms with Gasteiger partial charge >= 0.3 is 71.1 Å². The van der Waals surface area contributed by atoms with Crippen LogP contribution in [0.25, 0.3) is 0 Å². The predicted molar refractivity (Wildman–Crippen MR) is 124 cm³/mol. The molecule has 0 aromatic rings. The van der Waals surface area contributed by atoms with Crippen molar-refractivity contribution in [1.29, 1.82) is 0 Å². The van der Waals surface area contributed by atoms with Gasteiger partial charge in [-0.2, -0.15) is 0 Å². The number of carbonyl (C=O) groups excluding carboxylic acids is 2. The molecular formula is C27H11Na2O8P. The summed E-state index contributed by atoms with van der Waals surface area (Å²) in [6.07, 6.45) is -1.48. The first-order valence-corrected chi connectivity index (χ1v) is 10.6. The molecule has 0 spiro atoms. The first-order chi connectivity index (χ1) is 17.3. The largest absolute Gasteiger partial charge is 1.00 e. The molecule has 0 bridgehead atoms. The number of phosphoric ester groups is 1. The molecule has 174 valence electrons. The maximum Gasteiger partial charge on any atom is 1.00 e. The second kappa shape index (κ2) is 26.7. The Labute approximate surface area is 266 Å². The second-order valence-electron chi connectivity index (χ2n) is 5.12. The Balaban J connectivity index is -0.00000612. The van der Waals surface area contributed by atoms with Crippen LogP contribution >= 0.6 is 7.82 Å². The van der Waals surface area contributed by atoms with Crippen LogP contribution in [0.1, 0.15) is 13.8 Å². The zero-order valence-electron chi connectivity index (χ0n) is 20.7. The number of rotatable bonds is 6. The Morgan fingerprint density at radius 1 is 0.632 bits per heavy atom. The molecule has 11 heteroatoms. The van der Waals surface area contributed by atoms with E-state index in [-0.39, 0.29) is 59.1 Å². The van der Waals surface area contributed by atoms with Crippen LogP contribution in [0.3, 0.4) is 0 Å². The van der Waals surface area contributed by atoms with E-state index in [1.807, 2.05) is 11.8 Å². The molecule has 0 aliphatic heterocycles. The summed E-state index contributed by atoms with van der Waals surface area (Å²) in [5.41, 5.74) is 0. The van der Waals surface area contributed by atoms with Gasteiger partial charge in [-0.05, 0) is 109 Å². The van der Waals surface area contributed by atoms with Crippen LogP contribution in [-0.2, 0) is 28.2 Å². The zero-order valence-corrected chi connectivity index (χ0v) is 25.6. The molecule has 0 unspecified atom stereocenters. The van der Waals surface area contributed by atoms with Gasteiger partial charge < -0.3 is 28.3 Å². The minimum Gasteiger partial charge on any atom is -0.790 e. The molecule has 0 N–H and O–H groups in total. The summed E-state index contributed by atoms with van der Waals surface area (Å²) >= 11 is 0. The third-order valence-electron chi connectivity index (χ3n) is 2.55. The first-order valence-electron chi connectivity index (χ1n) is 9.18. The minimum absolute atomic E-state index is 0. The van der Waals surface area contributed by atoms with E-state index in [1.54, 1.807) is 13.8 Å². The first kappa shape index (κ1) is 39.2. The molecule has 0 saturated heterocycles. The molecule has 0 aromatic heterocycles. The maximum absolute atomic E-state index is 11.7. The van der Waals surface area contributed by atoms with Crippen molar-refractivity contribution in [1.82, 2.24) is 0 Å². The van der Waals surface area contributed by atoms with Crippen LogP contribution in [0.2, 0.25) is 0 Å². The van der Waals surface area contributed by atoms with Gasteiger partial charge in [0, 0.05) is 11.8 Å². The minimum atomic E-state index is -5.39. The van der Waals surface area contributed by atoms with Gasteiger partial charge in [0.25, 0.3) is 0 Å². The van der Waals surface area contributed by atoms with Crippen molar-refractivity contribution in [2.75, 3.05) is 13.2 Å². The summed E-state index contributed by atoms with van der Waals surface area (Å²) in [5, 5.41) is 0. The Bertz CT molecular complexity index is 1540. The molecule has 1 atom stereocenters. The van der Waals surface area contributed by atoms with E-state index in [0.717, 1.165) is 0 Å². The molecule has 0 aliphatic rings. The van der Waals surface area contributed by atoms with Gasteiger partial charge in [-0.25, -0.2) is 9.59 Å². The van der Waals surface area contributed by atoms with E-state index in [9.17, 15) is 23.9 Å². The molecule has 0 rings (SSSR count). The summed E-state index contributed by atoms with van der Waals surface area (Å²) in [6.45, 7) is 1.61. The monoisotopic (exact) mass is 540 g/mol. The van der Waals surface area contributed by atoms with Crippen LogP contribution < -0.4 is 68.9 Å². The van der Waals surface area contributed by atoms with Crippen molar-refractivity contribution < 1.29 is 97.1 Å². The Hall–Kier alpha value is -3.35. The third-order valence-corrected chi connectivity index (χ3v) is 3.01. The second-order valence-corrected chi connectivity index (χ2v) is 6.27. The van der Waals surface area contributed by atoms with E-state index in [0.29, 0.717) is 0 Å². The third kappa shape index (κ3) is 28.9. The average molecular weight is 540 g/mol. The molecule has 38 heavy (non-hydrogen) atoms. The summed E-state index contributed by atoms with van der Waals surface area (Å²) in [7, 11) is -5.39. The fraction of sp³-hybridized carbons (Fsp3) is 0.185. The van der Waals surface area contributed by atoms with Crippen molar-refractivity contribution in [2.24, 2.45) is 0 Å². The van der Waals surface area contributed by atoms with Gasteiger partial charge in [-0.15, -0.1) is 0 Å². The normalized spacial score (nSPS) is 7.58. The Morgan fingerprint density at radius 2 is 1.00 bits per heavy atom. The summed E-state index contributed by atoms with van der Waals surface area (Å²) in [5.74, 6) is 44.3. The molecule has 0 aromatic carbocycles.